The maximum absolute atomic E-state index is 16.6. The van der Waals surface area contributed by atoms with E-state index in [0.29, 0.717) is 41.2 Å². The first kappa shape index (κ1) is 24.7. The summed E-state index contributed by atoms with van der Waals surface area (Å²) in [6.07, 6.45) is 11.2. The molecule has 2 aromatic heterocycles. The van der Waals surface area contributed by atoms with Gasteiger partial charge in [-0.25, -0.2) is 8.78 Å². The van der Waals surface area contributed by atoms with E-state index in [0.717, 1.165) is 45.4 Å². The number of halogens is 2. The Morgan fingerprint density at radius 2 is 1.98 bits per heavy atom. The first-order valence-corrected chi connectivity index (χ1v) is 14.0. The van der Waals surface area contributed by atoms with Gasteiger partial charge in [-0.05, 0) is 55.2 Å². The number of terminal acetylenes is 1. The molecule has 10 heteroatoms. The molecule has 41 heavy (non-hydrogen) atoms. The minimum absolute atomic E-state index is 0.0305. The van der Waals surface area contributed by atoms with E-state index < -0.39 is 11.6 Å². The number of phenolic OH excluding ortho intramolecular Hbond substituents is 1. The second kappa shape index (κ2) is 8.96. The summed E-state index contributed by atoms with van der Waals surface area (Å²) in [4.78, 5) is 15.9. The molecule has 5 fully saturated rings. The van der Waals surface area contributed by atoms with Gasteiger partial charge in [-0.15, -0.1) is 6.42 Å². The molecule has 2 aromatic carbocycles. The number of phenols is 1. The molecular formula is C31H27F2N5O3. The number of rotatable bonds is 5. The number of nitrogens with one attached hydrogen (secondary N) is 1. The van der Waals surface area contributed by atoms with Crippen LogP contribution in [0.5, 0.6) is 11.8 Å². The Labute approximate surface area is 234 Å². The average Bonchev–Trinajstić information content (AvgIpc) is 3.66. The summed E-state index contributed by atoms with van der Waals surface area (Å²) in [5, 5.41) is 15.3. The van der Waals surface area contributed by atoms with E-state index >= 15 is 4.39 Å². The summed E-state index contributed by atoms with van der Waals surface area (Å²) in [6, 6.07) is 6.25. The van der Waals surface area contributed by atoms with Crippen molar-refractivity contribution in [3.05, 3.63) is 47.7 Å². The second-order valence-corrected chi connectivity index (χ2v) is 11.8. The summed E-state index contributed by atoms with van der Waals surface area (Å²) in [7, 11) is 0. The molecule has 5 aliphatic rings. The van der Waals surface area contributed by atoms with Gasteiger partial charge in [0.05, 0.1) is 17.6 Å². The number of piperazine rings is 1. The lowest BCUT2D eigenvalue weighted by atomic mass is 9.75. The highest BCUT2D eigenvalue weighted by Crippen LogP contribution is 2.48. The van der Waals surface area contributed by atoms with E-state index in [2.05, 4.69) is 26.1 Å². The van der Waals surface area contributed by atoms with Crippen LogP contribution in [0.1, 0.15) is 31.2 Å². The topological polar surface area (TPSA) is 92.6 Å². The molecule has 208 valence electrons. The molecule has 2 N–H and O–H groups in total. The standard InChI is InChI=1S/C31H27F2N5O3/c1-2-21-24(32)6-3-17-7-20(39)8-22(25(17)21)27-26(33)28-23(11-34-27)29(38-12-18-4-5-19(13-38)35-18)37-30(36-28)40-15-31-9-16(10-31)14-41-31/h1,3,6-8,11,16,18-19,35,39H,4-5,9-10,12-15H2/t16?,18-,19+,31?. The number of fused-ring (bicyclic) bond motifs is 5. The second-order valence-electron chi connectivity index (χ2n) is 11.8. The number of hydrogen-bond acceptors (Lipinski definition) is 8. The predicted molar refractivity (Wildman–Crippen MR) is 149 cm³/mol. The van der Waals surface area contributed by atoms with Crippen LogP contribution in [0, 0.1) is 29.9 Å². The monoisotopic (exact) mass is 555 g/mol. The number of aromatic hydroxyl groups is 1. The summed E-state index contributed by atoms with van der Waals surface area (Å²) in [5.41, 5.74) is -0.246. The van der Waals surface area contributed by atoms with Crippen molar-refractivity contribution in [3.8, 4) is 35.4 Å². The molecule has 0 amide bonds. The number of nitrogens with zero attached hydrogens (tertiary/aromatic N) is 4. The predicted octanol–water partition coefficient (Wildman–Crippen LogP) is 4.31. The van der Waals surface area contributed by atoms with Crippen LogP contribution in [0.2, 0.25) is 0 Å². The zero-order chi connectivity index (χ0) is 27.9. The molecule has 2 atom stereocenters. The van der Waals surface area contributed by atoms with Gasteiger partial charge in [0, 0.05) is 42.3 Å². The number of pyridine rings is 1. The summed E-state index contributed by atoms with van der Waals surface area (Å²) >= 11 is 0. The van der Waals surface area contributed by atoms with Crippen LogP contribution in [0.4, 0.5) is 14.6 Å². The van der Waals surface area contributed by atoms with E-state index in [1.54, 1.807) is 0 Å². The number of anilines is 1. The minimum atomic E-state index is -0.729. The van der Waals surface area contributed by atoms with Gasteiger partial charge in [-0.2, -0.15) is 9.97 Å². The SMILES string of the molecule is C#Cc1c(F)ccc2cc(O)cc(-c3ncc4c(N5C[C@H]6CC[C@@H](C5)N6)nc(OCC56CC(CO5)C6)nc4c3F)c12. The van der Waals surface area contributed by atoms with Crippen molar-refractivity contribution in [1.82, 2.24) is 20.3 Å². The number of benzene rings is 2. The van der Waals surface area contributed by atoms with E-state index in [1.807, 2.05) is 0 Å². The summed E-state index contributed by atoms with van der Waals surface area (Å²) in [6.45, 7) is 2.48. The molecule has 0 unspecified atom stereocenters. The zero-order valence-electron chi connectivity index (χ0n) is 22.2. The lowest BCUT2D eigenvalue weighted by Gasteiger charge is -2.35. The van der Waals surface area contributed by atoms with Crippen molar-refractivity contribution in [2.24, 2.45) is 5.92 Å². The molecule has 0 radical (unpaired) electrons. The van der Waals surface area contributed by atoms with Crippen molar-refractivity contribution >= 4 is 27.5 Å². The van der Waals surface area contributed by atoms with Crippen molar-refractivity contribution in [1.29, 1.82) is 0 Å². The van der Waals surface area contributed by atoms with Crippen molar-refractivity contribution in [3.63, 3.8) is 0 Å². The fraction of sp³-hybridized carbons (Fsp3) is 0.387. The third kappa shape index (κ3) is 3.90. The largest absolute Gasteiger partial charge is 0.508 e. The maximum Gasteiger partial charge on any atom is 0.319 e. The molecule has 0 spiro atoms. The van der Waals surface area contributed by atoms with Crippen LogP contribution < -0.4 is 15.0 Å². The molecule has 1 saturated carbocycles. The molecule has 6 heterocycles. The normalized spacial score (nSPS) is 26.4. The molecule has 4 aromatic rings. The Kier molecular flexibility index (Phi) is 5.40. The molecule has 1 aliphatic carbocycles. The third-order valence-corrected chi connectivity index (χ3v) is 9.02. The van der Waals surface area contributed by atoms with E-state index in [-0.39, 0.29) is 45.1 Å². The van der Waals surface area contributed by atoms with Crippen LogP contribution in [-0.2, 0) is 4.74 Å². The van der Waals surface area contributed by atoms with E-state index in [9.17, 15) is 9.50 Å². The van der Waals surface area contributed by atoms with Gasteiger partial charge in [-0.1, -0.05) is 12.0 Å². The van der Waals surface area contributed by atoms with Crippen LogP contribution in [0.15, 0.2) is 30.5 Å². The zero-order valence-corrected chi connectivity index (χ0v) is 22.2. The van der Waals surface area contributed by atoms with Crippen LogP contribution in [-0.4, -0.2) is 64.0 Å². The Bertz CT molecular complexity index is 1770. The first-order chi connectivity index (χ1) is 19.9. The highest BCUT2D eigenvalue weighted by molar-refractivity contribution is 6.03. The fourth-order valence-electron chi connectivity index (χ4n) is 7.12. The van der Waals surface area contributed by atoms with Crippen LogP contribution in [0.3, 0.4) is 0 Å². The fourth-order valence-corrected chi connectivity index (χ4v) is 7.12. The van der Waals surface area contributed by atoms with Gasteiger partial charge in [0.15, 0.2) is 5.82 Å². The number of hydrogen-bond donors (Lipinski definition) is 2. The first-order valence-electron chi connectivity index (χ1n) is 14.0. The molecule has 9 rings (SSSR count). The Hall–Kier alpha value is -4.07. The van der Waals surface area contributed by atoms with Crippen LogP contribution >= 0.6 is 0 Å². The van der Waals surface area contributed by atoms with Gasteiger partial charge in [0.1, 0.15) is 40.8 Å². The van der Waals surface area contributed by atoms with Gasteiger partial charge in [0.25, 0.3) is 0 Å². The highest BCUT2D eigenvalue weighted by atomic mass is 19.1. The van der Waals surface area contributed by atoms with Gasteiger partial charge < -0.3 is 24.8 Å². The molecule has 4 saturated heterocycles. The smallest absolute Gasteiger partial charge is 0.319 e. The van der Waals surface area contributed by atoms with E-state index in [4.69, 9.17) is 20.9 Å². The van der Waals surface area contributed by atoms with Crippen molar-refractivity contribution in [2.45, 2.75) is 43.4 Å². The summed E-state index contributed by atoms with van der Waals surface area (Å²) < 4.78 is 43.3. The molecular weight excluding hydrogens is 528 g/mol. The van der Waals surface area contributed by atoms with Crippen molar-refractivity contribution in [2.75, 3.05) is 31.2 Å². The van der Waals surface area contributed by atoms with Gasteiger partial charge in [-0.3, -0.25) is 4.98 Å². The van der Waals surface area contributed by atoms with Gasteiger partial charge >= 0.3 is 6.01 Å². The Morgan fingerprint density at radius 1 is 1.17 bits per heavy atom. The van der Waals surface area contributed by atoms with Crippen LogP contribution in [0.25, 0.3) is 32.9 Å². The quantitative estimate of drug-likeness (QED) is 0.352. The Morgan fingerprint density at radius 3 is 2.71 bits per heavy atom. The average molecular weight is 556 g/mol. The lowest BCUT2D eigenvalue weighted by molar-refractivity contribution is -0.0379. The number of ether oxygens (including phenoxy) is 2. The minimum Gasteiger partial charge on any atom is -0.508 e. The van der Waals surface area contributed by atoms with E-state index in [1.165, 1.54) is 30.5 Å². The molecule has 8 nitrogen and oxygen atoms in total. The maximum atomic E-state index is 16.6. The van der Waals surface area contributed by atoms with Crippen molar-refractivity contribution < 1.29 is 23.4 Å². The van der Waals surface area contributed by atoms with Gasteiger partial charge in [0.2, 0.25) is 0 Å². The highest BCUT2D eigenvalue weighted by Gasteiger charge is 2.52. The summed E-state index contributed by atoms with van der Waals surface area (Å²) in [5.74, 6) is 2.04. The number of aromatic nitrogens is 3. The lowest BCUT2D eigenvalue weighted by Crippen LogP contribution is -2.51. The third-order valence-electron chi connectivity index (χ3n) is 9.02. The Balaban J connectivity index is 1.29. The molecule has 4 aliphatic heterocycles. The molecule has 4 bridgehead atoms.